The molecule has 0 spiro atoms. The molecule has 0 aliphatic carbocycles. The number of rotatable bonds is 1. The van der Waals surface area contributed by atoms with Gasteiger partial charge in [0, 0.05) is 0 Å². The zero-order valence-corrected chi connectivity index (χ0v) is 28.4. The van der Waals surface area contributed by atoms with Crippen molar-refractivity contribution in [3.8, 4) is 11.1 Å². The molecule has 0 nitrogen and oxygen atoms in total. The molecule has 0 unspecified atom stereocenters. The maximum atomic E-state index is 2.26. The Morgan fingerprint density at radius 1 is 0.564 bits per heavy atom. The first-order valence-electron chi connectivity index (χ1n) is 13.4. The minimum atomic E-state index is 0. The summed E-state index contributed by atoms with van der Waals surface area (Å²) in [5.41, 5.74) is 6.37. The Hall–Kier alpha value is -1.74. The summed E-state index contributed by atoms with van der Waals surface area (Å²) in [5.74, 6) is 0. The van der Waals surface area contributed by atoms with E-state index in [0.717, 1.165) is 0 Å². The number of hydrogen-bond acceptors (Lipinski definition) is 0. The van der Waals surface area contributed by atoms with Crippen LogP contribution in [0.1, 0.15) is 11.1 Å². The molecule has 0 fully saturated rings. The molecule has 0 aromatic heterocycles. The minimum Gasteiger partial charge on any atom is -1.00 e. The molecule has 6 aromatic rings. The van der Waals surface area contributed by atoms with Gasteiger partial charge in [-0.05, 0) is 10.9 Å². The van der Waals surface area contributed by atoms with Crippen LogP contribution >= 0.6 is 0 Å². The third-order valence-electron chi connectivity index (χ3n) is 7.55. The van der Waals surface area contributed by atoms with Crippen molar-refractivity contribution in [3.05, 3.63) is 120 Å². The quantitative estimate of drug-likeness (QED) is 0.187. The largest absolute Gasteiger partial charge is 1.00 e. The van der Waals surface area contributed by atoms with Crippen LogP contribution in [0.3, 0.4) is 0 Å². The van der Waals surface area contributed by atoms with Crippen molar-refractivity contribution in [3.63, 3.8) is 0 Å². The van der Waals surface area contributed by atoms with Crippen LogP contribution in [0.4, 0.5) is 0 Å². The zero-order chi connectivity index (χ0) is 25.2. The van der Waals surface area contributed by atoms with Gasteiger partial charge in [-0.15, -0.1) is 63.0 Å². The van der Waals surface area contributed by atoms with Crippen LogP contribution in [-0.4, -0.2) is 10.9 Å². The number of hydrogen-bond donors (Lipinski definition) is 0. The van der Waals surface area contributed by atoms with Gasteiger partial charge in [0.05, 0.1) is 0 Å². The molecule has 2 aliphatic heterocycles. The van der Waals surface area contributed by atoms with E-state index in [4.69, 9.17) is 0 Å². The normalized spacial score (nSPS) is 13.0. The summed E-state index contributed by atoms with van der Waals surface area (Å²) >= 11 is 0.465. The molecule has 0 saturated carbocycles. The van der Waals surface area contributed by atoms with Gasteiger partial charge in [0.2, 0.25) is 0 Å². The molecule has 5 heteroatoms. The van der Waals surface area contributed by atoms with Crippen LogP contribution in [0.25, 0.3) is 43.4 Å². The van der Waals surface area contributed by atoms with E-state index >= 15 is 0 Å². The fraction of sp³-hybridized carbons (Fsp3) is 0.176. The van der Waals surface area contributed by atoms with Crippen molar-refractivity contribution < 1.29 is 45.3 Å². The average Bonchev–Trinajstić information content (AvgIpc) is 3.73. The summed E-state index contributed by atoms with van der Waals surface area (Å²) in [5, 5.41) is 8.09. The fourth-order valence-electron chi connectivity index (χ4n) is 5.72. The third-order valence-corrected chi connectivity index (χ3v) is 37.8. The predicted octanol–water partition coefficient (Wildman–Crippen LogP) is 3.64. The summed E-state index contributed by atoms with van der Waals surface area (Å²) in [4.78, 5) is 0. The summed E-state index contributed by atoms with van der Waals surface area (Å²) < 4.78 is 0. The second kappa shape index (κ2) is 13.7. The summed E-state index contributed by atoms with van der Waals surface area (Å²) in [6.07, 6.45) is 0. The molecular formula is C34H32Cl2Si2Zr-4. The monoisotopic (exact) mass is 656 g/mol. The van der Waals surface area contributed by atoms with Gasteiger partial charge in [0.15, 0.2) is 0 Å². The van der Waals surface area contributed by atoms with Crippen LogP contribution in [0.15, 0.2) is 109 Å². The predicted molar refractivity (Wildman–Crippen MR) is 162 cm³/mol. The topological polar surface area (TPSA) is 0 Å². The number of fused-ring (bicyclic) bond motifs is 4. The van der Waals surface area contributed by atoms with E-state index in [1.54, 1.807) is 24.2 Å². The van der Waals surface area contributed by atoms with Crippen molar-refractivity contribution in [1.82, 2.24) is 0 Å². The molecule has 2 heterocycles. The fourth-order valence-corrected chi connectivity index (χ4v) is 48.2. The Labute approximate surface area is 256 Å². The third kappa shape index (κ3) is 6.95. The van der Waals surface area contributed by atoms with Gasteiger partial charge in [0.1, 0.15) is 0 Å². The first-order valence-corrected chi connectivity index (χ1v) is 24.6. The van der Waals surface area contributed by atoms with Crippen LogP contribution in [0.2, 0.25) is 24.2 Å². The van der Waals surface area contributed by atoms with Gasteiger partial charge in [-0.25, -0.2) is 0 Å². The van der Waals surface area contributed by atoms with Crippen molar-refractivity contribution in [2.24, 2.45) is 0 Å². The molecule has 0 atom stereocenters. The van der Waals surface area contributed by atoms with Gasteiger partial charge in [-0.1, -0.05) is 91.5 Å². The molecule has 6 aromatic carbocycles. The summed E-state index contributed by atoms with van der Waals surface area (Å²) in [6.45, 7) is 4.30. The van der Waals surface area contributed by atoms with E-state index in [0.29, 0.717) is 31.3 Å². The molecule has 39 heavy (non-hydrogen) atoms. The standard InChI is InChI=1S/C16H13.C14H11.C4H8Si2.2ClH.Zr/c1-12-10-14-8-5-9-15(16(14)11-12)13-6-3-2-4-7-13;1-10-8-12-7-6-11-4-2-3-5-13(11)14(12)9-10;1-2-6-4-3-5-1;;;/h2-11H,1H3;2-9H,1H3;1-4H2;2*1H;/q2*-1;;;;/p-2. The Kier molecular flexibility index (Phi) is 10.7. The Morgan fingerprint density at radius 2 is 1.15 bits per heavy atom. The molecule has 2 aliphatic rings. The van der Waals surface area contributed by atoms with E-state index in [1.165, 1.54) is 54.6 Å². The van der Waals surface area contributed by atoms with Gasteiger partial charge in [-0.2, -0.15) is 12.1 Å². The van der Waals surface area contributed by atoms with Gasteiger partial charge in [-0.3, -0.25) is 0 Å². The number of aryl methyl sites for hydroxylation is 2. The first-order chi connectivity index (χ1) is 18.1. The average molecular weight is 659 g/mol. The smallest absolute Gasteiger partial charge is 0.0279 e. The van der Waals surface area contributed by atoms with E-state index in [-0.39, 0.29) is 24.8 Å². The van der Waals surface area contributed by atoms with Crippen molar-refractivity contribution in [1.29, 1.82) is 0 Å². The van der Waals surface area contributed by atoms with Gasteiger partial charge < -0.3 is 24.8 Å². The zero-order valence-electron chi connectivity index (χ0n) is 22.5. The van der Waals surface area contributed by atoms with E-state index < -0.39 is 0 Å². The molecule has 2 bridgehead atoms. The van der Waals surface area contributed by atoms with Crippen LogP contribution in [-0.2, 0) is 20.5 Å². The van der Waals surface area contributed by atoms with E-state index in [1.807, 2.05) is 0 Å². The molecule has 0 N–H and O–H groups in total. The SMILES string of the molecule is C1C[Si]2=[Zr]=[Si]1CC2.Cc1cc2c(-c3ccccc3)cccc2[cH-]1.Cc1cc2c(ccc3ccccc32)[cH-]1.[Cl-].[Cl-]. The van der Waals surface area contributed by atoms with Crippen molar-refractivity contribution in [2.45, 2.75) is 38.0 Å². The Bertz CT molecular complexity index is 1760. The second-order valence-corrected chi connectivity index (χ2v) is 31.7. The molecule has 0 amide bonds. The number of halogens is 2. The summed E-state index contributed by atoms with van der Waals surface area (Å²) in [7, 11) is 0. The molecular weight excluding hydrogens is 627 g/mol. The first kappa shape index (κ1) is 30.2. The maximum Gasteiger partial charge on any atom is -0.0279 e. The number of benzene rings is 4. The molecule has 8 rings (SSSR count). The maximum absolute atomic E-state index is 2.26. The molecule has 0 radical (unpaired) electrons. The van der Waals surface area contributed by atoms with Crippen LogP contribution < -0.4 is 24.8 Å². The van der Waals surface area contributed by atoms with Crippen LogP contribution in [0, 0.1) is 13.8 Å². The molecule has 0 saturated heterocycles. The second-order valence-electron chi connectivity index (χ2n) is 10.4. The molecule has 198 valence electrons. The van der Waals surface area contributed by atoms with Gasteiger partial charge >= 0.3 is 55.5 Å². The van der Waals surface area contributed by atoms with E-state index in [2.05, 4.69) is 123 Å². The van der Waals surface area contributed by atoms with Gasteiger partial charge in [0.25, 0.3) is 0 Å². The summed E-state index contributed by atoms with van der Waals surface area (Å²) in [6, 6.07) is 46.1. The van der Waals surface area contributed by atoms with Crippen LogP contribution in [0.5, 0.6) is 0 Å². The van der Waals surface area contributed by atoms with E-state index in [9.17, 15) is 0 Å². The van der Waals surface area contributed by atoms with Crippen molar-refractivity contribution >= 4 is 43.2 Å². The minimum absolute atomic E-state index is 0. The Morgan fingerprint density at radius 3 is 1.79 bits per heavy atom. The Balaban J connectivity index is 0.000000140. The van der Waals surface area contributed by atoms with Crippen molar-refractivity contribution in [2.75, 3.05) is 0 Å².